The fraction of sp³-hybridized carbons (Fsp3) is 0.727. The van der Waals surface area contributed by atoms with Gasteiger partial charge in [-0.05, 0) is 12.8 Å². The molecule has 0 aliphatic rings. The van der Waals surface area contributed by atoms with Gasteiger partial charge in [-0.15, -0.1) is 0 Å². The summed E-state index contributed by atoms with van der Waals surface area (Å²) in [5.74, 6) is -0.332. The molecule has 0 saturated heterocycles. The molecular weight excluding hydrogens is 240 g/mol. The lowest BCUT2D eigenvalue weighted by atomic mass is 9.96. The summed E-state index contributed by atoms with van der Waals surface area (Å²) in [6.45, 7) is 3.54. The standard InChI is InChI=1S/C11H18N2O5/c1-4-11(5-2,16-3)10-12-8(18-13-10)6-17-7-9(14)15/h4-7H2,1-3H3,(H,14,15). The number of rotatable bonds is 8. The van der Waals surface area contributed by atoms with Gasteiger partial charge in [-0.2, -0.15) is 4.98 Å². The maximum absolute atomic E-state index is 10.3. The largest absolute Gasteiger partial charge is 0.480 e. The van der Waals surface area contributed by atoms with Crippen LogP contribution in [0.4, 0.5) is 0 Å². The molecule has 0 saturated carbocycles. The Hall–Kier alpha value is -1.47. The van der Waals surface area contributed by atoms with E-state index in [0.29, 0.717) is 5.82 Å². The Morgan fingerprint density at radius 3 is 2.61 bits per heavy atom. The zero-order valence-electron chi connectivity index (χ0n) is 10.8. The third kappa shape index (κ3) is 3.27. The normalized spacial score (nSPS) is 11.7. The Kier molecular flexibility index (Phi) is 5.24. The van der Waals surface area contributed by atoms with Gasteiger partial charge in [-0.3, -0.25) is 0 Å². The van der Waals surface area contributed by atoms with Crippen LogP contribution in [0.5, 0.6) is 0 Å². The summed E-state index contributed by atoms with van der Waals surface area (Å²) in [7, 11) is 1.60. The van der Waals surface area contributed by atoms with E-state index in [9.17, 15) is 4.79 Å². The van der Waals surface area contributed by atoms with Gasteiger partial charge in [0.25, 0.3) is 5.89 Å². The quantitative estimate of drug-likeness (QED) is 0.751. The van der Waals surface area contributed by atoms with E-state index in [2.05, 4.69) is 10.1 Å². The maximum atomic E-state index is 10.3. The molecule has 0 aliphatic carbocycles. The summed E-state index contributed by atoms with van der Waals surface area (Å²) >= 11 is 0. The molecule has 0 aliphatic heterocycles. The van der Waals surface area contributed by atoms with Crippen molar-refractivity contribution < 1.29 is 23.9 Å². The van der Waals surface area contributed by atoms with Crippen LogP contribution in [0, 0.1) is 0 Å². The summed E-state index contributed by atoms with van der Waals surface area (Å²) in [5.41, 5.74) is -0.561. The molecule has 18 heavy (non-hydrogen) atoms. The van der Waals surface area contributed by atoms with Gasteiger partial charge in [0.05, 0.1) is 0 Å². The number of hydrogen-bond acceptors (Lipinski definition) is 6. The van der Waals surface area contributed by atoms with Crippen molar-refractivity contribution in [3.8, 4) is 0 Å². The van der Waals surface area contributed by atoms with Crippen LogP contribution in [0.1, 0.15) is 38.4 Å². The molecule has 0 spiro atoms. The number of aromatic nitrogens is 2. The van der Waals surface area contributed by atoms with Crippen molar-refractivity contribution in [2.24, 2.45) is 0 Å². The van der Waals surface area contributed by atoms with E-state index in [1.165, 1.54) is 0 Å². The first-order chi connectivity index (χ1) is 8.57. The SMILES string of the molecule is CCC(CC)(OC)c1noc(COCC(=O)O)n1. The number of carboxylic acids is 1. The van der Waals surface area contributed by atoms with Gasteiger partial charge >= 0.3 is 5.97 Å². The molecule has 0 amide bonds. The van der Waals surface area contributed by atoms with Crippen molar-refractivity contribution in [1.29, 1.82) is 0 Å². The highest BCUT2D eigenvalue weighted by atomic mass is 16.5. The second-order valence-electron chi connectivity index (χ2n) is 3.80. The van der Waals surface area contributed by atoms with Crippen molar-refractivity contribution in [3.63, 3.8) is 0 Å². The van der Waals surface area contributed by atoms with Crippen molar-refractivity contribution >= 4 is 5.97 Å². The number of aliphatic carboxylic acids is 1. The van der Waals surface area contributed by atoms with Gasteiger partial charge in [-0.1, -0.05) is 19.0 Å². The first kappa shape index (κ1) is 14.6. The Morgan fingerprint density at radius 1 is 1.44 bits per heavy atom. The summed E-state index contributed by atoms with van der Waals surface area (Å²) in [5, 5.41) is 12.3. The van der Waals surface area contributed by atoms with Crippen LogP contribution in [0.3, 0.4) is 0 Å². The number of nitrogens with zero attached hydrogens (tertiary/aromatic N) is 2. The fourth-order valence-corrected chi connectivity index (χ4v) is 1.67. The third-order valence-electron chi connectivity index (χ3n) is 2.86. The molecule has 1 heterocycles. The smallest absolute Gasteiger partial charge is 0.329 e. The molecule has 0 unspecified atom stereocenters. The Bertz CT molecular complexity index is 378. The fourth-order valence-electron chi connectivity index (χ4n) is 1.67. The average molecular weight is 258 g/mol. The molecule has 0 atom stereocenters. The molecule has 0 bridgehead atoms. The molecular formula is C11H18N2O5. The van der Waals surface area contributed by atoms with Crippen molar-refractivity contribution in [2.75, 3.05) is 13.7 Å². The van der Waals surface area contributed by atoms with Gasteiger partial charge in [-0.25, -0.2) is 4.79 Å². The van der Waals surface area contributed by atoms with Crippen LogP contribution in [-0.2, 0) is 26.5 Å². The highest BCUT2D eigenvalue weighted by Gasteiger charge is 2.33. The Balaban J connectivity index is 2.69. The van der Waals surface area contributed by atoms with Crippen LogP contribution < -0.4 is 0 Å². The first-order valence-electron chi connectivity index (χ1n) is 5.75. The lowest BCUT2D eigenvalue weighted by Gasteiger charge is -2.25. The molecule has 0 fully saturated rings. The van der Waals surface area contributed by atoms with E-state index < -0.39 is 18.2 Å². The van der Waals surface area contributed by atoms with Crippen molar-refractivity contribution in [3.05, 3.63) is 11.7 Å². The summed E-state index contributed by atoms with van der Waals surface area (Å²) in [6.07, 6.45) is 1.43. The minimum atomic E-state index is -1.04. The number of carboxylic acid groups (broad SMARTS) is 1. The van der Waals surface area contributed by atoms with Crippen LogP contribution >= 0.6 is 0 Å². The summed E-state index contributed by atoms with van der Waals surface area (Å²) in [6, 6.07) is 0. The zero-order chi connectivity index (χ0) is 13.6. The van der Waals surface area contributed by atoms with E-state index in [4.69, 9.17) is 19.1 Å². The number of carbonyl (C=O) groups is 1. The minimum absolute atomic E-state index is 0.0213. The molecule has 0 aromatic carbocycles. The first-order valence-corrected chi connectivity index (χ1v) is 5.75. The number of ether oxygens (including phenoxy) is 2. The molecule has 1 aromatic heterocycles. The molecule has 7 heteroatoms. The predicted octanol–water partition coefficient (Wildman–Crippen LogP) is 1.33. The molecule has 0 radical (unpaired) electrons. The average Bonchev–Trinajstić information content (AvgIpc) is 2.81. The lowest BCUT2D eigenvalue weighted by molar-refractivity contribution is -0.142. The second kappa shape index (κ2) is 6.46. The van der Waals surface area contributed by atoms with Crippen LogP contribution in [-0.4, -0.2) is 34.9 Å². The highest BCUT2D eigenvalue weighted by Crippen LogP contribution is 2.29. The Morgan fingerprint density at radius 2 is 2.11 bits per heavy atom. The molecule has 7 nitrogen and oxygen atoms in total. The monoisotopic (exact) mass is 258 g/mol. The Labute approximate surface area is 105 Å². The van der Waals surface area contributed by atoms with E-state index >= 15 is 0 Å². The summed E-state index contributed by atoms with van der Waals surface area (Å²) in [4.78, 5) is 14.5. The molecule has 1 N–H and O–H groups in total. The molecule has 1 rings (SSSR count). The lowest BCUT2D eigenvalue weighted by Crippen LogP contribution is -2.28. The van der Waals surface area contributed by atoms with Crippen LogP contribution in [0.15, 0.2) is 4.52 Å². The second-order valence-corrected chi connectivity index (χ2v) is 3.80. The van der Waals surface area contributed by atoms with Gasteiger partial charge < -0.3 is 19.1 Å². The van der Waals surface area contributed by atoms with Crippen molar-refractivity contribution in [2.45, 2.75) is 38.9 Å². The van der Waals surface area contributed by atoms with Crippen molar-refractivity contribution in [1.82, 2.24) is 10.1 Å². The zero-order valence-corrected chi connectivity index (χ0v) is 10.8. The van der Waals surface area contributed by atoms with Gasteiger partial charge in [0, 0.05) is 7.11 Å². The van der Waals surface area contributed by atoms with Gasteiger partial charge in [0.15, 0.2) is 0 Å². The van der Waals surface area contributed by atoms with Gasteiger partial charge in [0.2, 0.25) is 5.82 Å². The van der Waals surface area contributed by atoms with E-state index in [-0.39, 0.29) is 12.5 Å². The van der Waals surface area contributed by atoms with Crippen LogP contribution in [0.2, 0.25) is 0 Å². The minimum Gasteiger partial charge on any atom is -0.480 e. The van der Waals surface area contributed by atoms with E-state index in [1.807, 2.05) is 13.8 Å². The van der Waals surface area contributed by atoms with Crippen LogP contribution in [0.25, 0.3) is 0 Å². The summed E-state index contributed by atoms with van der Waals surface area (Å²) < 4.78 is 15.3. The predicted molar refractivity (Wildman–Crippen MR) is 60.9 cm³/mol. The van der Waals surface area contributed by atoms with E-state index in [1.54, 1.807) is 7.11 Å². The maximum Gasteiger partial charge on any atom is 0.329 e. The third-order valence-corrected chi connectivity index (χ3v) is 2.86. The molecule has 102 valence electrons. The van der Waals surface area contributed by atoms with E-state index in [0.717, 1.165) is 12.8 Å². The number of hydrogen-bond donors (Lipinski definition) is 1. The topological polar surface area (TPSA) is 94.7 Å². The molecule has 1 aromatic rings. The van der Waals surface area contributed by atoms with Gasteiger partial charge in [0.1, 0.15) is 18.8 Å². The number of methoxy groups -OCH3 is 1. The highest BCUT2D eigenvalue weighted by molar-refractivity contribution is 5.67.